The number of rotatable bonds is 4. The summed E-state index contributed by atoms with van der Waals surface area (Å²) in [6.07, 6.45) is 3.00. The molecule has 2 N–H and O–H groups in total. The maximum Gasteiger partial charge on any atom is 0.222 e. The summed E-state index contributed by atoms with van der Waals surface area (Å²) in [5.74, 6) is 1.22. The molecule has 88 valence electrons. The fourth-order valence-electron chi connectivity index (χ4n) is 2.23. The smallest absolute Gasteiger partial charge is 0.222 e. The predicted octanol–water partition coefficient (Wildman–Crippen LogP) is 1.62. The van der Waals surface area contributed by atoms with E-state index in [4.69, 9.17) is 5.73 Å². The summed E-state index contributed by atoms with van der Waals surface area (Å²) < 4.78 is 0. The lowest BCUT2D eigenvalue weighted by molar-refractivity contribution is -0.136. The van der Waals surface area contributed by atoms with Crippen molar-refractivity contribution in [3.05, 3.63) is 0 Å². The van der Waals surface area contributed by atoms with E-state index in [9.17, 15) is 4.79 Å². The van der Waals surface area contributed by atoms with Crippen LogP contribution in [-0.4, -0.2) is 29.9 Å². The Bertz CT molecular complexity index is 218. The molecule has 1 saturated heterocycles. The lowest BCUT2D eigenvalue weighted by Crippen LogP contribution is -2.51. The molecule has 3 atom stereocenters. The molecular formula is C12H24N2O. The van der Waals surface area contributed by atoms with Crippen molar-refractivity contribution in [3.63, 3.8) is 0 Å². The van der Waals surface area contributed by atoms with Crippen molar-refractivity contribution in [2.75, 3.05) is 13.1 Å². The van der Waals surface area contributed by atoms with Crippen LogP contribution in [0.25, 0.3) is 0 Å². The van der Waals surface area contributed by atoms with Crippen molar-refractivity contribution in [1.29, 1.82) is 0 Å². The summed E-state index contributed by atoms with van der Waals surface area (Å²) in [6.45, 7) is 8.08. The van der Waals surface area contributed by atoms with Crippen LogP contribution in [0.2, 0.25) is 0 Å². The molecule has 1 amide bonds. The zero-order valence-electron chi connectivity index (χ0n) is 10.2. The molecule has 3 unspecified atom stereocenters. The quantitative estimate of drug-likeness (QED) is 0.769. The van der Waals surface area contributed by atoms with E-state index in [0.717, 1.165) is 13.1 Å². The maximum absolute atomic E-state index is 11.8. The predicted molar refractivity (Wildman–Crippen MR) is 62.4 cm³/mol. The second-order valence-electron chi connectivity index (χ2n) is 5.04. The van der Waals surface area contributed by atoms with Crippen LogP contribution in [0.15, 0.2) is 0 Å². The van der Waals surface area contributed by atoms with E-state index >= 15 is 0 Å². The fraction of sp³-hybridized carbons (Fsp3) is 0.917. The number of nitrogens with two attached hydrogens (primary N) is 1. The number of carbonyl (C=O) groups is 1. The van der Waals surface area contributed by atoms with Gasteiger partial charge in [0, 0.05) is 25.6 Å². The monoisotopic (exact) mass is 212 g/mol. The molecule has 3 heteroatoms. The number of likely N-dealkylation sites (tertiary alicyclic amines) is 1. The Hall–Kier alpha value is -0.570. The molecule has 1 aliphatic rings. The van der Waals surface area contributed by atoms with E-state index in [1.54, 1.807) is 0 Å². The van der Waals surface area contributed by atoms with Gasteiger partial charge in [-0.1, -0.05) is 27.2 Å². The van der Waals surface area contributed by atoms with Crippen molar-refractivity contribution in [3.8, 4) is 0 Å². The molecule has 3 nitrogen and oxygen atoms in total. The van der Waals surface area contributed by atoms with Crippen molar-refractivity contribution in [1.82, 2.24) is 4.90 Å². The molecule has 0 aliphatic carbocycles. The van der Waals surface area contributed by atoms with Gasteiger partial charge in [0.2, 0.25) is 5.91 Å². The number of hydrogen-bond donors (Lipinski definition) is 1. The highest BCUT2D eigenvalue weighted by Gasteiger charge is 2.29. The zero-order chi connectivity index (χ0) is 11.4. The van der Waals surface area contributed by atoms with E-state index in [1.807, 2.05) is 4.90 Å². The Morgan fingerprint density at radius 2 is 2.27 bits per heavy atom. The topological polar surface area (TPSA) is 46.3 Å². The molecule has 1 heterocycles. The van der Waals surface area contributed by atoms with Crippen LogP contribution >= 0.6 is 0 Å². The van der Waals surface area contributed by atoms with Crippen molar-refractivity contribution >= 4 is 5.91 Å². The minimum absolute atomic E-state index is 0.163. The van der Waals surface area contributed by atoms with E-state index in [2.05, 4.69) is 20.8 Å². The molecule has 0 spiro atoms. The minimum atomic E-state index is 0.163. The number of hydrogen-bond acceptors (Lipinski definition) is 2. The Kier molecular flexibility index (Phi) is 4.58. The number of carbonyl (C=O) groups excluding carboxylic acids is 1. The van der Waals surface area contributed by atoms with Crippen molar-refractivity contribution in [2.24, 2.45) is 17.6 Å². The van der Waals surface area contributed by atoms with Gasteiger partial charge in [-0.2, -0.15) is 0 Å². The van der Waals surface area contributed by atoms with Crippen molar-refractivity contribution in [2.45, 2.75) is 46.1 Å². The first-order chi connectivity index (χ1) is 7.04. The highest BCUT2D eigenvalue weighted by Crippen LogP contribution is 2.18. The first-order valence-corrected chi connectivity index (χ1v) is 6.08. The summed E-state index contributed by atoms with van der Waals surface area (Å²) >= 11 is 0. The molecule has 0 bridgehead atoms. The summed E-state index contributed by atoms with van der Waals surface area (Å²) in [5.41, 5.74) is 5.99. The normalized spacial score (nSPS) is 29.3. The second kappa shape index (κ2) is 5.50. The standard InChI is InChI=1S/C12H24N2O/c1-4-5-9(2)7-14-8-11(13)10(3)6-12(14)15/h9-11H,4-8,13H2,1-3H3. The van der Waals surface area contributed by atoms with E-state index in [0.29, 0.717) is 18.3 Å². The zero-order valence-corrected chi connectivity index (χ0v) is 10.2. The molecule has 15 heavy (non-hydrogen) atoms. The molecule has 1 rings (SSSR count). The molecule has 1 aliphatic heterocycles. The first-order valence-electron chi connectivity index (χ1n) is 6.08. The van der Waals surface area contributed by atoms with Crippen LogP contribution in [-0.2, 0) is 4.79 Å². The molecule has 0 saturated carbocycles. The van der Waals surface area contributed by atoms with E-state index in [-0.39, 0.29) is 11.9 Å². The highest BCUT2D eigenvalue weighted by molar-refractivity contribution is 5.77. The first kappa shape index (κ1) is 12.5. The molecule has 0 aromatic rings. The summed E-state index contributed by atoms with van der Waals surface area (Å²) in [6, 6.07) is 0.163. The van der Waals surface area contributed by atoms with Crippen LogP contribution in [0, 0.1) is 11.8 Å². The largest absolute Gasteiger partial charge is 0.341 e. The summed E-state index contributed by atoms with van der Waals surface area (Å²) in [7, 11) is 0. The Morgan fingerprint density at radius 1 is 1.60 bits per heavy atom. The summed E-state index contributed by atoms with van der Waals surface area (Å²) in [4.78, 5) is 13.7. The van der Waals surface area contributed by atoms with Crippen LogP contribution in [0.4, 0.5) is 0 Å². The van der Waals surface area contributed by atoms with Gasteiger partial charge in [0.15, 0.2) is 0 Å². The highest BCUT2D eigenvalue weighted by atomic mass is 16.2. The van der Waals surface area contributed by atoms with Gasteiger partial charge in [0.1, 0.15) is 0 Å². The molecule has 0 aromatic carbocycles. The van der Waals surface area contributed by atoms with Gasteiger partial charge in [0.25, 0.3) is 0 Å². The van der Waals surface area contributed by atoms with Gasteiger partial charge >= 0.3 is 0 Å². The van der Waals surface area contributed by atoms with Gasteiger partial charge < -0.3 is 10.6 Å². The van der Waals surface area contributed by atoms with Crippen LogP contribution < -0.4 is 5.73 Å². The Labute approximate surface area is 93.0 Å². The van der Waals surface area contributed by atoms with Crippen molar-refractivity contribution < 1.29 is 4.79 Å². The lowest BCUT2D eigenvalue weighted by Gasteiger charge is -2.36. The average molecular weight is 212 g/mol. The third-order valence-electron chi connectivity index (χ3n) is 3.32. The average Bonchev–Trinajstić information content (AvgIpc) is 2.14. The van der Waals surface area contributed by atoms with Gasteiger partial charge in [-0.05, 0) is 18.3 Å². The van der Waals surface area contributed by atoms with Crippen LogP contribution in [0.5, 0.6) is 0 Å². The molecule has 0 aromatic heterocycles. The van der Waals surface area contributed by atoms with E-state index < -0.39 is 0 Å². The molecule has 1 fully saturated rings. The van der Waals surface area contributed by atoms with Gasteiger partial charge in [-0.3, -0.25) is 4.79 Å². The van der Waals surface area contributed by atoms with Gasteiger partial charge in [-0.15, -0.1) is 0 Å². The third-order valence-corrected chi connectivity index (χ3v) is 3.32. The third kappa shape index (κ3) is 3.49. The van der Waals surface area contributed by atoms with Crippen LogP contribution in [0.3, 0.4) is 0 Å². The number of nitrogens with zero attached hydrogens (tertiary/aromatic N) is 1. The van der Waals surface area contributed by atoms with Crippen LogP contribution in [0.1, 0.15) is 40.0 Å². The fourth-order valence-corrected chi connectivity index (χ4v) is 2.23. The Morgan fingerprint density at radius 3 is 2.87 bits per heavy atom. The number of piperidine rings is 1. The SMILES string of the molecule is CCCC(C)CN1CC(N)C(C)CC1=O. The van der Waals surface area contributed by atoms with Gasteiger partial charge in [-0.25, -0.2) is 0 Å². The van der Waals surface area contributed by atoms with Gasteiger partial charge in [0.05, 0.1) is 0 Å². The molecular weight excluding hydrogens is 188 g/mol. The summed E-state index contributed by atoms with van der Waals surface area (Å²) in [5, 5.41) is 0. The second-order valence-corrected chi connectivity index (χ2v) is 5.04. The minimum Gasteiger partial charge on any atom is -0.341 e. The number of amides is 1. The lowest BCUT2D eigenvalue weighted by atomic mass is 9.92. The maximum atomic E-state index is 11.8. The Balaban J connectivity index is 2.44. The van der Waals surface area contributed by atoms with E-state index in [1.165, 1.54) is 12.8 Å². The molecule has 0 radical (unpaired) electrons.